The zero-order chi connectivity index (χ0) is 26.3. The summed E-state index contributed by atoms with van der Waals surface area (Å²) < 4.78 is 28.7. The number of methoxy groups -OCH3 is 3. The summed E-state index contributed by atoms with van der Waals surface area (Å²) in [7, 11) is 4.62. The molecule has 0 spiro atoms. The molecule has 192 valence electrons. The van der Waals surface area contributed by atoms with Crippen molar-refractivity contribution in [3.8, 4) is 28.7 Å². The SMILES string of the molecule is COc1ccc(/C=C2\Oc3c4c(cc(C)c3C2=O)OCN(Cc2ccc(Cl)c(Cl)c2)C4)c(OC)c1OC. The number of benzene rings is 3. The number of halogens is 2. The van der Waals surface area contributed by atoms with Gasteiger partial charge in [-0.2, -0.15) is 0 Å². The fourth-order valence-corrected chi connectivity index (χ4v) is 4.97. The van der Waals surface area contributed by atoms with Crippen LogP contribution in [0.25, 0.3) is 6.08 Å². The molecule has 3 aromatic carbocycles. The standard InChI is InChI=1S/C28H25Cl2NO6/c1-15-9-22-18(13-31(14-36-22)12-16-5-7-19(29)20(30)10-16)27-24(15)25(32)23(37-27)11-17-6-8-21(33-2)28(35-4)26(17)34-3/h5-11H,12-14H2,1-4H3/b23-11-. The van der Waals surface area contributed by atoms with Gasteiger partial charge in [-0.3, -0.25) is 9.69 Å². The molecule has 2 heterocycles. The molecular weight excluding hydrogens is 517 g/mol. The summed E-state index contributed by atoms with van der Waals surface area (Å²) in [6.07, 6.45) is 1.66. The lowest BCUT2D eigenvalue weighted by Crippen LogP contribution is -2.31. The number of ketones is 1. The lowest BCUT2D eigenvalue weighted by Gasteiger charge is -2.30. The average molecular weight is 542 g/mol. The molecule has 0 amide bonds. The average Bonchev–Trinajstić information content (AvgIpc) is 3.22. The first-order valence-corrected chi connectivity index (χ1v) is 12.3. The Balaban J connectivity index is 1.48. The minimum absolute atomic E-state index is 0.193. The molecule has 2 aliphatic rings. The number of carbonyl (C=O) groups excluding carboxylic acids is 1. The van der Waals surface area contributed by atoms with Gasteiger partial charge in [-0.05, 0) is 54.5 Å². The quantitative estimate of drug-likeness (QED) is 0.339. The molecule has 0 radical (unpaired) electrons. The Morgan fingerprint density at radius 2 is 1.78 bits per heavy atom. The number of hydrogen-bond acceptors (Lipinski definition) is 7. The van der Waals surface area contributed by atoms with E-state index in [1.54, 1.807) is 31.4 Å². The van der Waals surface area contributed by atoms with Crippen LogP contribution in [0.1, 0.15) is 32.6 Å². The molecule has 0 unspecified atom stereocenters. The third-order valence-corrected chi connectivity index (χ3v) is 7.14. The van der Waals surface area contributed by atoms with Crippen LogP contribution in [0.5, 0.6) is 28.7 Å². The molecule has 7 nitrogen and oxygen atoms in total. The summed E-state index contributed by atoms with van der Waals surface area (Å²) in [5.41, 5.74) is 3.77. The van der Waals surface area contributed by atoms with E-state index in [2.05, 4.69) is 4.90 Å². The van der Waals surface area contributed by atoms with Crippen LogP contribution in [0.2, 0.25) is 10.0 Å². The smallest absolute Gasteiger partial charge is 0.232 e. The Bertz CT molecular complexity index is 1430. The molecule has 0 saturated heterocycles. The second kappa shape index (κ2) is 10.2. The summed E-state index contributed by atoms with van der Waals surface area (Å²) in [6.45, 7) is 3.41. The number of carbonyl (C=O) groups is 1. The van der Waals surface area contributed by atoms with Crippen molar-refractivity contribution in [2.75, 3.05) is 28.1 Å². The van der Waals surface area contributed by atoms with E-state index in [1.807, 2.05) is 25.1 Å². The Hall–Kier alpha value is -3.39. The zero-order valence-corrected chi connectivity index (χ0v) is 22.3. The fourth-order valence-electron chi connectivity index (χ4n) is 4.65. The minimum Gasteiger partial charge on any atom is -0.493 e. The largest absolute Gasteiger partial charge is 0.493 e. The highest BCUT2D eigenvalue weighted by atomic mass is 35.5. The van der Waals surface area contributed by atoms with E-state index in [1.165, 1.54) is 14.2 Å². The maximum Gasteiger partial charge on any atom is 0.232 e. The highest BCUT2D eigenvalue weighted by Crippen LogP contribution is 2.46. The second-order valence-corrected chi connectivity index (χ2v) is 9.56. The molecule has 0 N–H and O–H groups in total. The Kier molecular flexibility index (Phi) is 6.94. The van der Waals surface area contributed by atoms with Gasteiger partial charge < -0.3 is 23.7 Å². The highest BCUT2D eigenvalue weighted by Gasteiger charge is 2.36. The van der Waals surface area contributed by atoms with E-state index >= 15 is 0 Å². The number of aryl methyl sites for hydroxylation is 1. The highest BCUT2D eigenvalue weighted by molar-refractivity contribution is 6.42. The van der Waals surface area contributed by atoms with Crippen molar-refractivity contribution in [3.05, 3.63) is 80.0 Å². The number of Topliss-reactive ketones (excluding diaryl/α,β-unsaturated/α-hetero) is 1. The van der Waals surface area contributed by atoms with Crippen LogP contribution in [-0.2, 0) is 13.1 Å². The van der Waals surface area contributed by atoms with Crippen LogP contribution in [0.15, 0.2) is 42.2 Å². The van der Waals surface area contributed by atoms with Gasteiger partial charge in [-0.25, -0.2) is 0 Å². The van der Waals surface area contributed by atoms with Gasteiger partial charge in [0.05, 0.1) is 42.5 Å². The molecule has 0 fully saturated rings. The third-order valence-electron chi connectivity index (χ3n) is 6.40. The van der Waals surface area contributed by atoms with Gasteiger partial charge in [-0.1, -0.05) is 29.3 Å². The Labute approximate surface area is 225 Å². The molecule has 9 heteroatoms. The van der Waals surface area contributed by atoms with E-state index in [-0.39, 0.29) is 11.5 Å². The summed E-state index contributed by atoms with van der Waals surface area (Å²) in [5.74, 6) is 2.61. The normalized spacial score (nSPS) is 15.6. The van der Waals surface area contributed by atoms with Crippen molar-refractivity contribution >= 4 is 35.1 Å². The number of rotatable bonds is 6. The molecule has 0 aromatic heterocycles. The first kappa shape index (κ1) is 25.3. The van der Waals surface area contributed by atoms with Crippen molar-refractivity contribution in [3.63, 3.8) is 0 Å². The van der Waals surface area contributed by atoms with Crippen molar-refractivity contribution < 1.29 is 28.5 Å². The Morgan fingerprint density at radius 1 is 1.00 bits per heavy atom. The number of nitrogens with zero attached hydrogens (tertiary/aromatic N) is 1. The predicted molar refractivity (Wildman–Crippen MR) is 141 cm³/mol. The molecule has 0 saturated carbocycles. The van der Waals surface area contributed by atoms with Crippen molar-refractivity contribution in [1.82, 2.24) is 4.90 Å². The molecule has 0 aliphatic carbocycles. The van der Waals surface area contributed by atoms with Crippen LogP contribution in [0.3, 0.4) is 0 Å². The van der Waals surface area contributed by atoms with E-state index in [0.29, 0.717) is 69.7 Å². The van der Waals surface area contributed by atoms with Crippen molar-refractivity contribution in [2.45, 2.75) is 20.0 Å². The molecule has 37 heavy (non-hydrogen) atoms. The lowest BCUT2D eigenvalue weighted by molar-refractivity contribution is 0.0872. The van der Waals surface area contributed by atoms with Gasteiger partial charge in [0.15, 0.2) is 17.3 Å². The molecule has 0 bridgehead atoms. The van der Waals surface area contributed by atoms with Gasteiger partial charge >= 0.3 is 0 Å². The molecule has 3 aromatic rings. The van der Waals surface area contributed by atoms with Crippen LogP contribution in [0.4, 0.5) is 0 Å². The summed E-state index contributed by atoms with van der Waals surface area (Å²) in [5, 5.41) is 1.01. The zero-order valence-electron chi connectivity index (χ0n) is 20.8. The van der Waals surface area contributed by atoms with E-state index in [4.69, 9.17) is 46.9 Å². The van der Waals surface area contributed by atoms with Gasteiger partial charge in [0, 0.05) is 18.7 Å². The molecule has 2 aliphatic heterocycles. The number of fused-ring (bicyclic) bond motifs is 3. The van der Waals surface area contributed by atoms with Crippen molar-refractivity contribution in [2.24, 2.45) is 0 Å². The molecular formula is C28H25Cl2NO6. The topological polar surface area (TPSA) is 66.5 Å². The van der Waals surface area contributed by atoms with Crippen LogP contribution < -0.4 is 23.7 Å². The number of ether oxygens (including phenoxy) is 5. The maximum atomic E-state index is 13.5. The van der Waals surface area contributed by atoms with Gasteiger partial charge in [0.25, 0.3) is 0 Å². The van der Waals surface area contributed by atoms with Gasteiger partial charge in [-0.15, -0.1) is 0 Å². The second-order valence-electron chi connectivity index (χ2n) is 8.75. The van der Waals surface area contributed by atoms with Crippen LogP contribution >= 0.6 is 23.2 Å². The maximum absolute atomic E-state index is 13.5. The van der Waals surface area contributed by atoms with Crippen molar-refractivity contribution in [1.29, 1.82) is 0 Å². The van der Waals surface area contributed by atoms with Gasteiger partial charge in [0.2, 0.25) is 11.5 Å². The van der Waals surface area contributed by atoms with E-state index < -0.39 is 0 Å². The van der Waals surface area contributed by atoms with E-state index in [0.717, 1.165) is 16.7 Å². The van der Waals surface area contributed by atoms with Gasteiger partial charge in [0.1, 0.15) is 18.2 Å². The molecule has 5 rings (SSSR count). The first-order valence-electron chi connectivity index (χ1n) is 11.5. The number of hydrogen-bond donors (Lipinski definition) is 0. The predicted octanol–water partition coefficient (Wildman–Crippen LogP) is 6.30. The van der Waals surface area contributed by atoms with Crippen LogP contribution in [0, 0.1) is 6.92 Å². The first-order chi connectivity index (χ1) is 17.8. The summed E-state index contributed by atoms with van der Waals surface area (Å²) in [6, 6.07) is 11.0. The van der Waals surface area contributed by atoms with E-state index in [9.17, 15) is 4.79 Å². The lowest BCUT2D eigenvalue weighted by atomic mass is 9.98. The summed E-state index contributed by atoms with van der Waals surface area (Å²) >= 11 is 12.3. The van der Waals surface area contributed by atoms with Crippen LogP contribution in [-0.4, -0.2) is 38.7 Å². The monoisotopic (exact) mass is 541 g/mol. The molecule has 0 atom stereocenters. The number of allylic oxidation sites excluding steroid dienone is 1. The fraction of sp³-hybridized carbons (Fsp3) is 0.250. The summed E-state index contributed by atoms with van der Waals surface area (Å²) in [4.78, 5) is 15.6. The third kappa shape index (κ3) is 4.59. The minimum atomic E-state index is -0.200. The Morgan fingerprint density at radius 3 is 2.49 bits per heavy atom.